The summed E-state index contributed by atoms with van der Waals surface area (Å²) in [5.74, 6) is -2.08. The lowest BCUT2D eigenvalue weighted by molar-refractivity contribution is -0.130. The maximum absolute atomic E-state index is 14.2. The van der Waals surface area contributed by atoms with Crippen LogP contribution in [0.25, 0.3) is 0 Å². The van der Waals surface area contributed by atoms with Crippen LogP contribution in [0.5, 0.6) is 0 Å². The summed E-state index contributed by atoms with van der Waals surface area (Å²) in [4.78, 5) is 59.2. The molecule has 7 heteroatoms. The van der Waals surface area contributed by atoms with Crippen molar-refractivity contribution in [2.24, 2.45) is 11.8 Å². The van der Waals surface area contributed by atoms with Crippen LogP contribution in [-0.2, 0) is 4.79 Å². The van der Waals surface area contributed by atoms with Gasteiger partial charge in [-0.15, -0.1) is 0 Å². The lowest BCUT2D eigenvalue weighted by atomic mass is 9.67. The number of carbonyl (C=O) groups excluding carboxylic acids is 4. The highest BCUT2D eigenvalue weighted by Gasteiger charge is 2.46. The van der Waals surface area contributed by atoms with Gasteiger partial charge in [-0.1, -0.05) is 72.8 Å². The number of benzene rings is 3. The Morgan fingerprint density at radius 2 is 1.20 bits per heavy atom. The van der Waals surface area contributed by atoms with Gasteiger partial charge in [-0.25, -0.2) is 0 Å². The molecule has 208 valence electrons. The minimum Gasteiger partial charge on any atom is -0.348 e. The number of likely N-dealkylation sites (tertiary alicyclic amines) is 1. The number of ketones is 2. The molecule has 0 aliphatic carbocycles. The summed E-state index contributed by atoms with van der Waals surface area (Å²) in [5.41, 5.74) is 3.24. The van der Waals surface area contributed by atoms with Crippen molar-refractivity contribution in [1.29, 1.82) is 0 Å². The molecule has 0 saturated carbocycles. The number of hydrogen-bond donors (Lipinski definition) is 0. The second-order valence-corrected chi connectivity index (χ2v) is 10.9. The quantitative estimate of drug-likeness (QED) is 0.402. The van der Waals surface area contributed by atoms with Crippen LogP contribution in [0.1, 0.15) is 48.1 Å². The largest absolute Gasteiger partial charge is 0.348 e. The summed E-state index contributed by atoms with van der Waals surface area (Å²) in [6.07, 6.45) is 0. The van der Waals surface area contributed by atoms with Crippen LogP contribution in [0, 0.1) is 18.8 Å². The first kappa shape index (κ1) is 28.9. The first-order valence-corrected chi connectivity index (χ1v) is 13.5. The van der Waals surface area contributed by atoms with Crippen molar-refractivity contribution in [2.75, 3.05) is 47.8 Å². The zero-order chi connectivity index (χ0) is 29.0. The third-order valence-electron chi connectivity index (χ3n) is 7.80. The zero-order valence-electron chi connectivity index (χ0n) is 23.8. The molecule has 0 N–H and O–H groups in total. The van der Waals surface area contributed by atoms with Crippen LogP contribution in [0.4, 0.5) is 0 Å². The van der Waals surface area contributed by atoms with Gasteiger partial charge in [0, 0.05) is 75.7 Å². The molecule has 1 saturated heterocycles. The van der Waals surface area contributed by atoms with Gasteiger partial charge >= 0.3 is 0 Å². The predicted octanol–water partition coefficient (Wildman–Crippen LogP) is 4.18. The summed E-state index contributed by atoms with van der Waals surface area (Å²) in [6.45, 7) is 2.64. The highest BCUT2D eigenvalue weighted by atomic mass is 16.2. The third kappa shape index (κ3) is 6.05. The molecule has 3 atom stereocenters. The Bertz CT molecular complexity index is 1320. The fraction of sp³-hybridized carbons (Fsp3) is 0.333. The molecule has 1 unspecified atom stereocenters. The number of hydrogen-bond acceptors (Lipinski definition) is 5. The molecular weight excluding hydrogens is 502 g/mol. The summed E-state index contributed by atoms with van der Waals surface area (Å²) in [6, 6.07) is 23.7. The highest BCUT2D eigenvalue weighted by molar-refractivity contribution is 6.02. The van der Waals surface area contributed by atoms with Crippen molar-refractivity contribution in [3.05, 3.63) is 107 Å². The number of Topliss-reactive ketones (excluding diaryl/α,β-unsaturated/α-hetero) is 2. The fourth-order valence-corrected chi connectivity index (χ4v) is 5.65. The van der Waals surface area contributed by atoms with Gasteiger partial charge in [0.2, 0.25) is 5.91 Å². The number of likely N-dealkylation sites (N-methyl/N-ethyl adjacent to an activating group) is 1. The van der Waals surface area contributed by atoms with E-state index in [-0.39, 0.29) is 29.9 Å². The van der Waals surface area contributed by atoms with E-state index in [1.54, 1.807) is 58.5 Å². The highest BCUT2D eigenvalue weighted by Crippen LogP contribution is 2.42. The van der Waals surface area contributed by atoms with E-state index >= 15 is 0 Å². The van der Waals surface area contributed by atoms with Crippen molar-refractivity contribution < 1.29 is 19.2 Å². The molecule has 7 nitrogen and oxygen atoms in total. The second-order valence-electron chi connectivity index (χ2n) is 10.9. The normalized spacial score (nSPS) is 19.1. The van der Waals surface area contributed by atoms with Gasteiger partial charge in [0.1, 0.15) is 0 Å². The molecule has 4 rings (SSSR count). The summed E-state index contributed by atoms with van der Waals surface area (Å²) < 4.78 is 0. The number of piperidine rings is 1. The molecule has 0 radical (unpaired) electrons. The van der Waals surface area contributed by atoms with Crippen molar-refractivity contribution in [2.45, 2.75) is 12.8 Å². The molecule has 1 fully saturated rings. The van der Waals surface area contributed by atoms with Gasteiger partial charge in [-0.3, -0.25) is 24.1 Å². The summed E-state index contributed by atoms with van der Waals surface area (Å²) >= 11 is 0. The van der Waals surface area contributed by atoms with Crippen LogP contribution in [0.2, 0.25) is 0 Å². The van der Waals surface area contributed by atoms with Crippen LogP contribution < -0.4 is 0 Å². The summed E-state index contributed by atoms with van der Waals surface area (Å²) in [5, 5.41) is 0. The molecule has 0 spiro atoms. The zero-order valence-corrected chi connectivity index (χ0v) is 23.8. The standard InChI is InChI=1S/C33H37N3O4/c1-22-25(17-12-18-26(22)33(40)35(4)5)30-27(31(38)23-13-8-6-9-14-23)19-36(21-29(37)34(2)3)20-28(30)32(39)24-15-10-7-11-16-24/h6-18,27-28,30H,19-21H2,1-5H3/t27-,28+,30?. The first-order valence-electron chi connectivity index (χ1n) is 13.5. The van der Waals surface area contributed by atoms with E-state index in [1.807, 2.05) is 60.4 Å². The lowest BCUT2D eigenvalue weighted by Crippen LogP contribution is -2.52. The maximum atomic E-state index is 14.2. The minimum atomic E-state index is -0.604. The van der Waals surface area contributed by atoms with Gasteiger partial charge in [0.25, 0.3) is 5.91 Å². The van der Waals surface area contributed by atoms with E-state index in [0.29, 0.717) is 29.8 Å². The molecule has 1 aliphatic heterocycles. The number of nitrogens with zero attached hydrogens (tertiary/aromatic N) is 3. The topological polar surface area (TPSA) is 78.0 Å². The van der Waals surface area contributed by atoms with Crippen LogP contribution in [0.15, 0.2) is 78.9 Å². The number of amides is 2. The Labute approximate surface area is 236 Å². The molecule has 2 amide bonds. The molecule has 1 aliphatic rings. The lowest BCUT2D eigenvalue weighted by Gasteiger charge is -2.43. The first-order chi connectivity index (χ1) is 19.1. The third-order valence-corrected chi connectivity index (χ3v) is 7.80. The van der Waals surface area contributed by atoms with Crippen LogP contribution in [0.3, 0.4) is 0 Å². The Morgan fingerprint density at radius 1 is 0.700 bits per heavy atom. The smallest absolute Gasteiger partial charge is 0.253 e. The van der Waals surface area contributed by atoms with Crippen molar-refractivity contribution >= 4 is 23.4 Å². The minimum absolute atomic E-state index is 0.0813. The maximum Gasteiger partial charge on any atom is 0.253 e. The van der Waals surface area contributed by atoms with E-state index in [9.17, 15) is 19.2 Å². The van der Waals surface area contributed by atoms with E-state index < -0.39 is 17.8 Å². The molecular formula is C33H37N3O4. The van der Waals surface area contributed by atoms with E-state index in [2.05, 4.69) is 0 Å². The van der Waals surface area contributed by atoms with Crippen molar-refractivity contribution in [1.82, 2.24) is 14.7 Å². The van der Waals surface area contributed by atoms with Crippen molar-refractivity contribution in [3.63, 3.8) is 0 Å². The van der Waals surface area contributed by atoms with Gasteiger partial charge in [0.15, 0.2) is 11.6 Å². The monoisotopic (exact) mass is 539 g/mol. The van der Waals surface area contributed by atoms with E-state index in [1.165, 1.54) is 9.80 Å². The van der Waals surface area contributed by atoms with Gasteiger partial charge in [-0.2, -0.15) is 0 Å². The van der Waals surface area contributed by atoms with Gasteiger partial charge in [-0.05, 0) is 24.1 Å². The molecule has 3 aromatic carbocycles. The number of carbonyl (C=O) groups is 4. The van der Waals surface area contributed by atoms with Gasteiger partial charge in [0.05, 0.1) is 6.54 Å². The molecule has 40 heavy (non-hydrogen) atoms. The fourth-order valence-electron chi connectivity index (χ4n) is 5.65. The molecule has 1 heterocycles. The number of rotatable bonds is 8. The predicted molar refractivity (Wildman–Crippen MR) is 156 cm³/mol. The Hall–Kier alpha value is -4.10. The van der Waals surface area contributed by atoms with Crippen LogP contribution >= 0.6 is 0 Å². The Kier molecular flexibility index (Phi) is 8.95. The van der Waals surface area contributed by atoms with E-state index in [4.69, 9.17) is 0 Å². The Morgan fingerprint density at radius 3 is 1.65 bits per heavy atom. The molecule has 0 bridgehead atoms. The van der Waals surface area contributed by atoms with Crippen molar-refractivity contribution in [3.8, 4) is 0 Å². The second kappa shape index (κ2) is 12.4. The average molecular weight is 540 g/mol. The van der Waals surface area contributed by atoms with Gasteiger partial charge < -0.3 is 9.80 Å². The summed E-state index contributed by atoms with van der Waals surface area (Å²) in [7, 11) is 6.81. The Balaban J connectivity index is 1.89. The average Bonchev–Trinajstić information content (AvgIpc) is 2.96. The SMILES string of the molecule is Cc1c(C(=O)N(C)C)cccc1C1[C@@H](C(=O)c2ccccc2)CN(CC(=O)N(C)C)C[C@H]1C(=O)c1ccccc1. The van der Waals surface area contributed by atoms with E-state index in [0.717, 1.165) is 11.1 Å². The molecule has 3 aromatic rings. The van der Waals surface area contributed by atoms with Crippen LogP contribution in [-0.4, -0.2) is 85.9 Å². The molecule has 0 aromatic heterocycles.